The van der Waals surface area contributed by atoms with E-state index in [2.05, 4.69) is 9.88 Å². The molecule has 158 valence electrons. The number of aromatic nitrogens is 1. The molecule has 5 nitrogen and oxygen atoms in total. The SMILES string of the molecule is Cc1ccc(N2CCN(c3ccc(F)c(S(C)(=O)=O)c3)CC2CC(C)(C)F)nc1. The second-order valence-corrected chi connectivity index (χ2v) is 10.3. The lowest BCUT2D eigenvalue weighted by Crippen LogP contribution is -2.55. The minimum atomic E-state index is -3.68. The fourth-order valence-electron chi connectivity index (χ4n) is 3.73. The van der Waals surface area contributed by atoms with Gasteiger partial charge in [0.2, 0.25) is 0 Å². The molecule has 1 aromatic heterocycles. The summed E-state index contributed by atoms with van der Waals surface area (Å²) in [6.45, 7) is 6.73. The predicted octanol–water partition coefficient (Wildman–Crippen LogP) is 3.77. The Balaban J connectivity index is 1.90. The summed E-state index contributed by atoms with van der Waals surface area (Å²) in [5, 5.41) is 0. The van der Waals surface area contributed by atoms with Crippen molar-refractivity contribution in [3.8, 4) is 0 Å². The zero-order chi connectivity index (χ0) is 21.4. The van der Waals surface area contributed by atoms with Gasteiger partial charge in [-0.3, -0.25) is 0 Å². The normalized spacial score (nSPS) is 18.2. The average molecular weight is 424 g/mol. The first-order valence-electron chi connectivity index (χ1n) is 9.57. The van der Waals surface area contributed by atoms with Crippen molar-refractivity contribution in [1.29, 1.82) is 0 Å². The number of rotatable bonds is 5. The number of piperazine rings is 1. The van der Waals surface area contributed by atoms with Gasteiger partial charge in [-0.25, -0.2) is 22.2 Å². The van der Waals surface area contributed by atoms with Crippen LogP contribution in [0.1, 0.15) is 25.8 Å². The summed E-state index contributed by atoms with van der Waals surface area (Å²) >= 11 is 0. The summed E-state index contributed by atoms with van der Waals surface area (Å²) in [5.74, 6) is 0.0283. The molecule has 1 aliphatic heterocycles. The summed E-state index contributed by atoms with van der Waals surface area (Å²) in [4.78, 5) is 8.25. The number of aryl methyl sites for hydroxylation is 1. The van der Waals surface area contributed by atoms with Crippen LogP contribution in [0.3, 0.4) is 0 Å². The molecule has 0 spiro atoms. The smallest absolute Gasteiger partial charge is 0.178 e. The van der Waals surface area contributed by atoms with Crippen LogP contribution in [0.5, 0.6) is 0 Å². The highest BCUT2D eigenvalue weighted by molar-refractivity contribution is 7.90. The van der Waals surface area contributed by atoms with Crippen LogP contribution in [0, 0.1) is 12.7 Å². The molecule has 0 aliphatic carbocycles. The zero-order valence-corrected chi connectivity index (χ0v) is 18.0. The number of benzene rings is 1. The van der Waals surface area contributed by atoms with Gasteiger partial charge in [0.15, 0.2) is 9.84 Å². The Bertz CT molecular complexity index is 972. The Labute approximate surface area is 171 Å². The summed E-state index contributed by atoms with van der Waals surface area (Å²) in [6.07, 6.45) is 3.07. The van der Waals surface area contributed by atoms with Crippen LogP contribution in [0.15, 0.2) is 41.4 Å². The summed E-state index contributed by atoms with van der Waals surface area (Å²) in [6, 6.07) is 7.86. The predicted molar refractivity (Wildman–Crippen MR) is 112 cm³/mol. The van der Waals surface area contributed by atoms with Crippen molar-refractivity contribution < 1.29 is 17.2 Å². The molecule has 2 aromatic rings. The maximum Gasteiger partial charge on any atom is 0.178 e. The maximum absolute atomic E-state index is 14.5. The highest BCUT2D eigenvalue weighted by atomic mass is 32.2. The van der Waals surface area contributed by atoms with E-state index in [1.54, 1.807) is 26.1 Å². The van der Waals surface area contributed by atoms with E-state index < -0.39 is 21.3 Å². The third-order valence-corrected chi connectivity index (χ3v) is 6.18. The first kappa shape index (κ1) is 21.5. The summed E-state index contributed by atoms with van der Waals surface area (Å²) in [5.41, 5.74) is 0.288. The number of halogens is 2. The van der Waals surface area contributed by atoms with Crippen LogP contribution in [0.2, 0.25) is 0 Å². The van der Waals surface area contributed by atoms with Gasteiger partial charge in [-0.15, -0.1) is 0 Å². The minimum Gasteiger partial charge on any atom is -0.368 e. The van der Waals surface area contributed by atoms with E-state index in [9.17, 15) is 17.2 Å². The van der Waals surface area contributed by atoms with Gasteiger partial charge >= 0.3 is 0 Å². The average Bonchev–Trinajstić information content (AvgIpc) is 2.61. The van der Waals surface area contributed by atoms with Crippen LogP contribution in [0.25, 0.3) is 0 Å². The second-order valence-electron chi connectivity index (χ2n) is 8.30. The highest BCUT2D eigenvalue weighted by Crippen LogP contribution is 2.30. The lowest BCUT2D eigenvalue weighted by atomic mass is 9.97. The molecule has 2 heterocycles. The molecule has 29 heavy (non-hydrogen) atoms. The monoisotopic (exact) mass is 423 g/mol. The minimum absolute atomic E-state index is 0.161. The molecule has 1 fully saturated rings. The Hall–Kier alpha value is -2.22. The molecule has 8 heteroatoms. The van der Waals surface area contributed by atoms with Crippen molar-refractivity contribution >= 4 is 21.3 Å². The standard InChI is InChI=1S/C21H27F2N3O2S/c1-15-5-8-20(24-13-15)26-10-9-25(14-17(26)12-21(2,3)23)16-6-7-18(22)19(11-16)29(4,27)28/h5-8,11,13,17H,9-10,12,14H2,1-4H3. The van der Waals surface area contributed by atoms with Gasteiger partial charge in [0, 0.05) is 44.2 Å². The Morgan fingerprint density at radius 3 is 2.52 bits per heavy atom. The zero-order valence-electron chi connectivity index (χ0n) is 17.2. The van der Waals surface area contributed by atoms with Crippen molar-refractivity contribution in [3.63, 3.8) is 0 Å². The number of alkyl halides is 1. The van der Waals surface area contributed by atoms with Crippen molar-refractivity contribution in [2.24, 2.45) is 0 Å². The third-order valence-electron chi connectivity index (χ3n) is 5.07. The van der Waals surface area contributed by atoms with E-state index in [0.29, 0.717) is 31.7 Å². The van der Waals surface area contributed by atoms with E-state index in [4.69, 9.17) is 0 Å². The lowest BCUT2D eigenvalue weighted by molar-refractivity contribution is 0.183. The Morgan fingerprint density at radius 2 is 1.93 bits per heavy atom. The van der Waals surface area contributed by atoms with Gasteiger partial charge in [-0.1, -0.05) is 6.07 Å². The molecule has 1 aliphatic rings. The van der Waals surface area contributed by atoms with Crippen LogP contribution in [-0.2, 0) is 9.84 Å². The number of anilines is 2. The van der Waals surface area contributed by atoms with Crippen LogP contribution < -0.4 is 9.80 Å². The molecule has 1 unspecified atom stereocenters. The first-order chi connectivity index (χ1) is 13.4. The molecule has 0 bridgehead atoms. The second kappa shape index (κ2) is 7.89. The van der Waals surface area contributed by atoms with Gasteiger partial charge in [-0.2, -0.15) is 0 Å². The quantitative estimate of drug-likeness (QED) is 0.733. The maximum atomic E-state index is 14.5. The van der Waals surface area contributed by atoms with Gasteiger partial charge in [0.1, 0.15) is 22.2 Å². The number of hydrogen-bond donors (Lipinski definition) is 0. The third kappa shape index (κ3) is 5.23. The summed E-state index contributed by atoms with van der Waals surface area (Å²) in [7, 11) is -3.68. The molecule has 1 saturated heterocycles. The molecule has 0 saturated carbocycles. The Kier molecular flexibility index (Phi) is 5.85. The largest absolute Gasteiger partial charge is 0.368 e. The van der Waals surface area contributed by atoms with E-state index in [1.807, 2.05) is 24.0 Å². The van der Waals surface area contributed by atoms with E-state index in [-0.39, 0.29) is 10.9 Å². The molecule has 0 amide bonds. The molecule has 0 radical (unpaired) electrons. The fraction of sp³-hybridized carbons (Fsp3) is 0.476. The molecule has 1 aromatic carbocycles. The van der Waals surface area contributed by atoms with E-state index >= 15 is 0 Å². The van der Waals surface area contributed by atoms with Crippen molar-refractivity contribution in [2.75, 3.05) is 35.7 Å². The van der Waals surface area contributed by atoms with Gasteiger partial charge < -0.3 is 9.80 Å². The van der Waals surface area contributed by atoms with Crippen LogP contribution in [-0.4, -0.2) is 51.0 Å². The Morgan fingerprint density at radius 1 is 1.21 bits per heavy atom. The van der Waals surface area contributed by atoms with E-state index in [0.717, 1.165) is 17.6 Å². The van der Waals surface area contributed by atoms with E-state index in [1.165, 1.54) is 12.1 Å². The molecule has 3 rings (SSSR count). The molecule has 0 N–H and O–H groups in total. The van der Waals surface area contributed by atoms with Crippen LogP contribution in [0.4, 0.5) is 20.3 Å². The number of nitrogens with zero attached hydrogens (tertiary/aromatic N) is 3. The fourth-order valence-corrected chi connectivity index (χ4v) is 4.49. The number of sulfone groups is 1. The van der Waals surface area contributed by atoms with Gasteiger partial charge in [-0.05, 0) is 50.6 Å². The first-order valence-corrected chi connectivity index (χ1v) is 11.5. The molecule has 1 atom stereocenters. The highest BCUT2D eigenvalue weighted by Gasteiger charge is 2.33. The number of pyridine rings is 1. The summed E-state index contributed by atoms with van der Waals surface area (Å²) < 4.78 is 52.3. The van der Waals surface area contributed by atoms with Crippen molar-refractivity contribution in [3.05, 3.63) is 47.9 Å². The number of hydrogen-bond acceptors (Lipinski definition) is 5. The van der Waals surface area contributed by atoms with Crippen molar-refractivity contribution in [1.82, 2.24) is 4.98 Å². The van der Waals surface area contributed by atoms with Crippen molar-refractivity contribution in [2.45, 2.75) is 43.8 Å². The molecular formula is C21H27F2N3O2S. The van der Waals surface area contributed by atoms with Crippen LogP contribution >= 0.6 is 0 Å². The lowest BCUT2D eigenvalue weighted by Gasteiger charge is -2.44. The van der Waals surface area contributed by atoms with Gasteiger partial charge in [0.25, 0.3) is 0 Å². The topological polar surface area (TPSA) is 53.5 Å². The molecular weight excluding hydrogens is 396 g/mol. The van der Waals surface area contributed by atoms with Gasteiger partial charge in [0.05, 0.1) is 6.04 Å².